The van der Waals surface area contributed by atoms with Crippen LogP contribution in [0.4, 0.5) is 0 Å². The SMILES string of the molecule is c1ccc(-c2noc(C3CCCN3Cc3ccc4nsnc4c3)n2)nc1. The van der Waals surface area contributed by atoms with E-state index in [1.54, 1.807) is 6.20 Å². The Labute approximate surface area is 154 Å². The number of pyridine rings is 1. The van der Waals surface area contributed by atoms with Crippen LogP contribution in [0, 0.1) is 0 Å². The number of hydrogen-bond acceptors (Lipinski definition) is 8. The second kappa shape index (κ2) is 6.54. The van der Waals surface area contributed by atoms with Crippen LogP contribution < -0.4 is 0 Å². The van der Waals surface area contributed by atoms with Crippen molar-refractivity contribution in [1.82, 2.24) is 28.8 Å². The standard InChI is InChI=1S/C18H16N6OS/c1-2-8-19-14(4-1)17-20-18(25-21-17)16-5-3-9-24(16)11-12-6-7-13-15(10-12)23-26-22-13/h1-2,4,6-8,10,16H,3,5,9,11H2. The predicted octanol–water partition coefficient (Wildman–Crippen LogP) is 3.47. The van der Waals surface area contributed by atoms with Gasteiger partial charge in [-0.2, -0.15) is 13.7 Å². The fourth-order valence-electron chi connectivity index (χ4n) is 3.43. The lowest BCUT2D eigenvalue weighted by atomic mass is 10.1. The molecule has 1 aliphatic rings. The van der Waals surface area contributed by atoms with Gasteiger partial charge in [0.1, 0.15) is 16.7 Å². The van der Waals surface area contributed by atoms with Crippen molar-refractivity contribution in [3.63, 3.8) is 0 Å². The zero-order valence-corrected chi connectivity index (χ0v) is 14.8. The molecule has 0 saturated carbocycles. The Bertz CT molecular complexity index is 1030. The van der Waals surface area contributed by atoms with Gasteiger partial charge in [0.2, 0.25) is 11.7 Å². The van der Waals surface area contributed by atoms with E-state index in [0.29, 0.717) is 11.7 Å². The lowest BCUT2D eigenvalue weighted by Gasteiger charge is -2.21. The Balaban J connectivity index is 1.38. The highest BCUT2D eigenvalue weighted by Gasteiger charge is 2.31. The van der Waals surface area contributed by atoms with Crippen LogP contribution in [0.2, 0.25) is 0 Å². The first-order valence-corrected chi connectivity index (χ1v) is 9.30. The number of rotatable bonds is 4. The highest BCUT2D eigenvalue weighted by atomic mass is 32.1. The summed E-state index contributed by atoms with van der Waals surface area (Å²) in [5, 5.41) is 4.11. The first-order valence-electron chi connectivity index (χ1n) is 8.57. The summed E-state index contributed by atoms with van der Waals surface area (Å²) in [6.45, 7) is 1.85. The maximum atomic E-state index is 5.57. The van der Waals surface area contributed by atoms with E-state index in [1.165, 1.54) is 17.3 Å². The summed E-state index contributed by atoms with van der Waals surface area (Å²) in [5.41, 5.74) is 3.86. The van der Waals surface area contributed by atoms with Crippen molar-refractivity contribution in [3.05, 3.63) is 54.0 Å². The minimum atomic E-state index is 0.143. The largest absolute Gasteiger partial charge is 0.337 e. The van der Waals surface area contributed by atoms with Crippen LogP contribution in [-0.4, -0.2) is 35.3 Å². The molecule has 8 heteroatoms. The number of benzene rings is 1. The van der Waals surface area contributed by atoms with Gasteiger partial charge >= 0.3 is 0 Å². The first kappa shape index (κ1) is 15.5. The van der Waals surface area contributed by atoms with Gasteiger partial charge in [0, 0.05) is 12.7 Å². The maximum Gasteiger partial charge on any atom is 0.244 e. The van der Waals surface area contributed by atoms with Crippen molar-refractivity contribution in [2.24, 2.45) is 0 Å². The highest BCUT2D eigenvalue weighted by molar-refractivity contribution is 7.00. The van der Waals surface area contributed by atoms with E-state index < -0.39 is 0 Å². The zero-order chi connectivity index (χ0) is 17.3. The molecule has 1 saturated heterocycles. The molecule has 5 rings (SSSR count). The molecule has 4 aromatic rings. The van der Waals surface area contributed by atoms with E-state index in [2.05, 4.69) is 40.9 Å². The van der Waals surface area contributed by atoms with Crippen LogP contribution in [0.25, 0.3) is 22.6 Å². The zero-order valence-electron chi connectivity index (χ0n) is 13.9. The topological polar surface area (TPSA) is 80.8 Å². The molecule has 130 valence electrons. The molecule has 0 bridgehead atoms. The van der Waals surface area contributed by atoms with E-state index in [0.717, 1.165) is 42.7 Å². The number of hydrogen-bond donors (Lipinski definition) is 0. The summed E-state index contributed by atoms with van der Waals surface area (Å²) in [7, 11) is 0. The number of nitrogens with zero attached hydrogens (tertiary/aromatic N) is 6. The predicted molar refractivity (Wildman–Crippen MR) is 97.3 cm³/mol. The van der Waals surface area contributed by atoms with E-state index >= 15 is 0 Å². The highest BCUT2D eigenvalue weighted by Crippen LogP contribution is 2.33. The molecule has 1 unspecified atom stereocenters. The van der Waals surface area contributed by atoms with Crippen molar-refractivity contribution in [2.45, 2.75) is 25.4 Å². The Kier molecular flexibility index (Phi) is 3.91. The molecular formula is C18H16N6OS. The van der Waals surface area contributed by atoms with Crippen LogP contribution >= 0.6 is 11.7 Å². The molecule has 0 N–H and O–H groups in total. The molecule has 26 heavy (non-hydrogen) atoms. The summed E-state index contributed by atoms with van der Waals surface area (Å²) in [6.07, 6.45) is 3.87. The monoisotopic (exact) mass is 364 g/mol. The Morgan fingerprint density at radius 3 is 3.04 bits per heavy atom. The second-order valence-electron chi connectivity index (χ2n) is 6.39. The molecule has 4 heterocycles. The van der Waals surface area contributed by atoms with Crippen LogP contribution in [0.1, 0.15) is 30.3 Å². The van der Waals surface area contributed by atoms with Crippen LogP contribution in [-0.2, 0) is 6.54 Å². The van der Waals surface area contributed by atoms with Crippen molar-refractivity contribution in [3.8, 4) is 11.5 Å². The molecule has 1 aromatic carbocycles. The molecule has 0 radical (unpaired) electrons. The van der Waals surface area contributed by atoms with Crippen LogP contribution in [0.5, 0.6) is 0 Å². The van der Waals surface area contributed by atoms with E-state index in [9.17, 15) is 0 Å². The average molecular weight is 364 g/mol. The minimum Gasteiger partial charge on any atom is -0.337 e. The Morgan fingerprint density at radius 1 is 1.15 bits per heavy atom. The molecule has 0 spiro atoms. The molecule has 0 amide bonds. The van der Waals surface area contributed by atoms with Gasteiger partial charge in [-0.3, -0.25) is 9.88 Å². The molecule has 1 atom stereocenters. The first-order chi connectivity index (χ1) is 12.9. The van der Waals surface area contributed by atoms with Crippen molar-refractivity contribution < 1.29 is 4.52 Å². The van der Waals surface area contributed by atoms with Gasteiger partial charge in [0.15, 0.2) is 0 Å². The lowest BCUT2D eigenvalue weighted by molar-refractivity contribution is 0.201. The van der Waals surface area contributed by atoms with Crippen LogP contribution in [0.15, 0.2) is 47.1 Å². The second-order valence-corrected chi connectivity index (χ2v) is 6.92. The lowest BCUT2D eigenvalue weighted by Crippen LogP contribution is -2.23. The number of aromatic nitrogens is 5. The molecule has 7 nitrogen and oxygen atoms in total. The van der Waals surface area contributed by atoms with Gasteiger partial charge in [0.05, 0.1) is 17.8 Å². The van der Waals surface area contributed by atoms with E-state index in [-0.39, 0.29) is 6.04 Å². The third kappa shape index (κ3) is 2.87. The summed E-state index contributed by atoms with van der Waals surface area (Å²) in [4.78, 5) is 11.3. The number of likely N-dealkylation sites (tertiary alicyclic amines) is 1. The summed E-state index contributed by atoms with van der Waals surface area (Å²) >= 11 is 1.25. The van der Waals surface area contributed by atoms with Gasteiger partial charge in [-0.1, -0.05) is 17.3 Å². The third-order valence-electron chi connectivity index (χ3n) is 4.69. The Hall–Kier alpha value is -2.71. The normalized spacial score (nSPS) is 17.9. The van der Waals surface area contributed by atoms with Crippen LogP contribution in [0.3, 0.4) is 0 Å². The summed E-state index contributed by atoms with van der Waals surface area (Å²) < 4.78 is 14.2. The quantitative estimate of drug-likeness (QED) is 0.548. The van der Waals surface area contributed by atoms with Crippen molar-refractivity contribution in [2.75, 3.05) is 6.54 Å². The molecule has 1 fully saturated rings. The summed E-state index contributed by atoms with van der Waals surface area (Å²) in [6, 6.07) is 12.1. The molecule has 3 aromatic heterocycles. The van der Waals surface area contributed by atoms with Crippen molar-refractivity contribution in [1.29, 1.82) is 0 Å². The number of fused-ring (bicyclic) bond motifs is 1. The maximum absolute atomic E-state index is 5.57. The fourth-order valence-corrected chi connectivity index (χ4v) is 3.94. The molecular weight excluding hydrogens is 348 g/mol. The molecule has 0 aliphatic carbocycles. The average Bonchev–Trinajstić information content (AvgIpc) is 3.42. The van der Waals surface area contributed by atoms with Gasteiger partial charge < -0.3 is 4.52 Å². The van der Waals surface area contributed by atoms with Gasteiger partial charge in [-0.05, 0) is 49.2 Å². The van der Waals surface area contributed by atoms with Gasteiger partial charge in [-0.15, -0.1) is 0 Å². The van der Waals surface area contributed by atoms with E-state index in [4.69, 9.17) is 4.52 Å². The van der Waals surface area contributed by atoms with Crippen molar-refractivity contribution >= 4 is 22.8 Å². The minimum absolute atomic E-state index is 0.143. The molecule has 1 aliphatic heterocycles. The van der Waals surface area contributed by atoms with E-state index in [1.807, 2.05) is 24.3 Å². The smallest absolute Gasteiger partial charge is 0.244 e. The fraction of sp³-hybridized carbons (Fsp3) is 0.278. The third-order valence-corrected chi connectivity index (χ3v) is 5.24. The van der Waals surface area contributed by atoms with Gasteiger partial charge in [0.25, 0.3) is 0 Å². The Morgan fingerprint density at radius 2 is 2.12 bits per heavy atom. The van der Waals surface area contributed by atoms with Gasteiger partial charge in [-0.25, -0.2) is 0 Å². The summed E-state index contributed by atoms with van der Waals surface area (Å²) in [5.74, 6) is 1.21.